The molecule has 1 heterocycles. The number of nitrogens with one attached hydrogen (secondary N) is 1. The predicted octanol–water partition coefficient (Wildman–Crippen LogP) is 1.15. The zero-order chi connectivity index (χ0) is 11.5. The topological polar surface area (TPSA) is 44.5 Å². The van der Waals surface area contributed by atoms with Crippen LogP contribution in [-0.2, 0) is 0 Å². The molecule has 1 aromatic carbocycles. The van der Waals surface area contributed by atoms with E-state index in [1.165, 1.54) is 0 Å². The fraction of sp³-hybridized carbons (Fsp3) is 0.500. The summed E-state index contributed by atoms with van der Waals surface area (Å²) in [6.07, 6.45) is 0. The Hall–Kier alpha value is -1.26. The molecule has 2 rings (SSSR count). The Morgan fingerprint density at radius 2 is 1.88 bits per heavy atom. The van der Waals surface area contributed by atoms with Gasteiger partial charge in [-0.1, -0.05) is 6.07 Å². The van der Waals surface area contributed by atoms with Crippen LogP contribution in [0.4, 0.5) is 11.4 Å². The molecule has 1 aromatic rings. The van der Waals surface area contributed by atoms with Crippen molar-refractivity contribution in [2.24, 2.45) is 0 Å². The van der Waals surface area contributed by atoms with Crippen molar-refractivity contribution in [3.8, 4) is 0 Å². The van der Waals surface area contributed by atoms with Gasteiger partial charge in [-0.3, -0.25) is 0 Å². The second-order valence-corrected chi connectivity index (χ2v) is 4.42. The van der Waals surface area contributed by atoms with E-state index in [0.29, 0.717) is 0 Å². The number of nitrogens with two attached hydrogens (primary N) is 1. The van der Waals surface area contributed by atoms with Crippen LogP contribution in [0.2, 0.25) is 0 Å². The lowest BCUT2D eigenvalue weighted by Gasteiger charge is -2.33. The Bertz CT molecular complexity index is 356. The molecule has 4 heteroatoms. The van der Waals surface area contributed by atoms with E-state index in [2.05, 4.69) is 28.4 Å². The van der Waals surface area contributed by atoms with Gasteiger partial charge in [0.15, 0.2) is 0 Å². The predicted molar refractivity (Wildman–Crippen MR) is 68.3 cm³/mol. The largest absolute Gasteiger partial charge is 0.398 e. The third-order valence-electron chi connectivity index (χ3n) is 3.16. The van der Waals surface area contributed by atoms with Gasteiger partial charge in [0.1, 0.15) is 0 Å². The lowest BCUT2D eigenvalue weighted by molar-refractivity contribution is 0.179. The lowest BCUT2D eigenvalue weighted by atomic mass is 10.1. The monoisotopic (exact) mass is 220 g/mol. The Morgan fingerprint density at radius 3 is 2.56 bits per heavy atom. The summed E-state index contributed by atoms with van der Waals surface area (Å²) in [6, 6.07) is 6.00. The smallest absolute Gasteiger partial charge is 0.0539 e. The van der Waals surface area contributed by atoms with E-state index in [-0.39, 0.29) is 0 Å². The summed E-state index contributed by atoms with van der Waals surface area (Å²) in [6.45, 7) is 6.35. The minimum atomic E-state index is 0.846. The third kappa shape index (κ3) is 2.46. The Kier molecular flexibility index (Phi) is 3.31. The number of likely N-dealkylation sites (N-methyl/N-ethyl adjacent to an activating group) is 1. The first-order chi connectivity index (χ1) is 7.66. The molecule has 4 nitrogen and oxygen atoms in total. The van der Waals surface area contributed by atoms with E-state index in [0.717, 1.165) is 43.1 Å². The highest BCUT2D eigenvalue weighted by Crippen LogP contribution is 2.21. The molecule has 0 radical (unpaired) electrons. The summed E-state index contributed by atoms with van der Waals surface area (Å²) in [7, 11) is 2.16. The normalized spacial score (nSPS) is 18.6. The van der Waals surface area contributed by atoms with Gasteiger partial charge in [0.05, 0.1) is 5.69 Å². The fourth-order valence-electron chi connectivity index (χ4n) is 1.86. The highest BCUT2D eigenvalue weighted by molar-refractivity contribution is 5.62. The molecule has 0 bridgehead atoms. The Balaban J connectivity index is 2.01. The van der Waals surface area contributed by atoms with Crippen LogP contribution in [0.3, 0.4) is 0 Å². The van der Waals surface area contributed by atoms with Gasteiger partial charge in [-0.2, -0.15) is 0 Å². The summed E-state index contributed by atoms with van der Waals surface area (Å²) >= 11 is 0. The number of benzene rings is 1. The Morgan fingerprint density at radius 1 is 1.19 bits per heavy atom. The molecule has 0 atom stereocenters. The fourth-order valence-corrected chi connectivity index (χ4v) is 1.86. The number of rotatable bonds is 2. The second-order valence-electron chi connectivity index (χ2n) is 4.42. The van der Waals surface area contributed by atoms with E-state index in [9.17, 15) is 0 Å². The summed E-state index contributed by atoms with van der Waals surface area (Å²) in [5, 5.41) is 2.25. The number of nitrogen functional groups attached to an aromatic ring is 1. The highest BCUT2D eigenvalue weighted by Gasteiger charge is 2.14. The number of piperazine rings is 1. The summed E-state index contributed by atoms with van der Waals surface area (Å²) < 4.78 is 0. The van der Waals surface area contributed by atoms with Crippen LogP contribution in [0.5, 0.6) is 0 Å². The van der Waals surface area contributed by atoms with Crippen LogP contribution in [0.25, 0.3) is 0 Å². The van der Waals surface area contributed by atoms with Gasteiger partial charge in [0.25, 0.3) is 0 Å². The number of nitrogens with zero attached hydrogens (tertiary/aromatic N) is 2. The van der Waals surface area contributed by atoms with Crippen LogP contribution in [0.1, 0.15) is 5.56 Å². The molecule has 0 saturated carbocycles. The molecule has 1 aliphatic rings. The maximum atomic E-state index is 5.88. The third-order valence-corrected chi connectivity index (χ3v) is 3.16. The maximum Gasteiger partial charge on any atom is 0.0539 e. The van der Waals surface area contributed by atoms with Crippen molar-refractivity contribution in [2.45, 2.75) is 6.92 Å². The minimum Gasteiger partial charge on any atom is -0.398 e. The molecule has 88 valence electrons. The maximum absolute atomic E-state index is 5.88. The SMILES string of the molecule is Cc1c(N)cccc1NN1CCN(C)CC1. The van der Waals surface area contributed by atoms with Crippen LogP contribution in [0, 0.1) is 6.92 Å². The zero-order valence-corrected chi connectivity index (χ0v) is 10.0. The highest BCUT2D eigenvalue weighted by atomic mass is 15.5. The van der Waals surface area contributed by atoms with E-state index in [4.69, 9.17) is 5.73 Å². The minimum absolute atomic E-state index is 0.846. The molecular weight excluding hydrogens is 200 g/mol. The van der Waals surface area contributed by atoms with Crippen LogP contribution in [0.15, 0.2) is 18.2 Å². The van der Waals surface area contributed by atoms with Gasteiger partial charge in [-0.15, -0.1) is 0 Å². The average molecular weight is 220 g/mol. The summed E-state index contributed by atoms with van der Waals surface area (Å²) in [5.41, 5.74) is 12.4. The summed E-state index contributed by atoms with van der Waals surface area (Å²) in [5.74, 6) is 0. The molecular formula is C12H20N4. The first-order valence-electron chi connectivity index (χ1n) is 5.72. The van der Waals surface area contributed by atoms with E-state index < -0.39 is 0 Å². The van der Waals surface area contributed by atoms with Gasteiger partial charge >= 0.3 is 0 Å². The molecule has 0 unspecified atom stereocenters. The van der Waals surface area contributed by atoms with Crippen molar-refractivity contribution in [3.63, 3.8) is 0 Å². The molecule has 0 amide bonds. The number of hydrogen-bond donors (Lipinski definition) is 2. The lowest BCUT2D eigenvalue weighted by Crippen LogP contribution is -2.47. The standard InChI is InChI=1S/C12H20N4/c1-10-11(13)4-3-5-12(10)14-16-8-6-15(2)7-9-16/h3-5,14H,6-9,13H2,1-2H3. The summed E-state index contributed by atoms with van der Waals surface area (Å²) in [4.78, 5) is 2.34. The molecule has 3 N–H and O–H groups in total. The van der Waals surface area contributed by atoms with E-state index in [1.54, 1.807) is 0 Å². The molecule has 1 fully saturated rings. The Labute approximate surface area is 97.0 Å². The van der Waals surface area contributed by atoms with Gasteiger partial charge in [-0.25, -0.2) is 5.01 Å². The van der Waals surface area contributed by atoms with E-state index in [1.807, 2.05) is 19.1 Å². The molecule has 1 saturated heterocycles. The average Bonchev–Trinajstić information content (AvgIpc) is 2.28. The van der Waals surface area contributed by atoms with E-state index >= 15 is 0 Å². The van der Waals surface area contributed by atoms with Gasteiger partial charge in [0, 0.05) is 31.9 Å². The molecule has 1 aliphatic heterocycles. The molecule has 0 aliphatic carbocycles. The number of hydrogen-bond acceptors (Lipinski definition) is 4. The van der Waals surface area contributed by atoms with Crippen molar-refractivity contribution < 1.29 is 0 Å². The zero-order valence-electron chi connectivity index (χ0n) is 10.0. The van der Waals surface area contributed by atoms with Crippen molar-refractivity contribution in [3.05, 3.63) is 23.8 Å². The number of anilines is 2. The first-order valence-corrected chi connectivity index (χ1v) is 5.72. The van der Waals surface area contributed by atoms with Crippen molar-refractivity contribution in [1.29, 1.82) is 0 Å². The second kappa shape index (κ2) is 4.72. The van der Waals surface area contributed by atoms with Crippen LogP contribution < -0.4 is 11.2 Å². The van der Waals surface area contributed by atoms with Crippen molar-refractivity contribution in [1.82, 2.24) is 9.91 Å². The van der Waals surface area contributed by atoms with Crippen LogP contribution in [-0.4, -0.2) is 43.1 Å². The van der Waals surface area contributed by atoms with Gasteiger partial charge < -0.3 is 16.1 Å². The molecule has 16 heavy (non-hydrogen) atoms. The van der Waals surface area contributed by atoms with Gasteiger partial charge in [0.2, 0.25) is 0 Å². The molecule has 0 aromatic heterocycles. The number of hydrazine groups is 1. The van der Waals surface area contributed by atoms with Crippen molar-refractivity contribution >= 4 is 11.4 Å². The van der Waals surface area contributed by atoms with Gasteiger partial charge in [-0.05, 0) is 31.7 Å². The quantitative estimate of drug-likeness (QED) is 0.734. The van der Waals surface area contributed by atoms with Crippen LogP contribution >= 0.6 is 0 Å². The first kappa shape index (κ1) is 11.2. The van der Waals surface area contributed by atoms with Crippen molar-refractivity contribution in [2.75, 3.05) is 44.4 Å². The molecule has 0 spiro atoms.